The summed E-state index contributed by atoms with van der Waals surface area (Å²) in [6.45, 7) is 16.2. The summed E-state index contributed by atoms with van der Waals surface area (Å²) in [5, 5.41) is 2.54. The van der Waals surface area contributed by atoms with Crippen molar-refractivity contribution in [2.24, 2.45) is 0 Å². The molecule has 0 aromatic heterocycles. The number of alkyl carbamates (subject to hydrolysis) is 1. The van der Waals surface area contributed by atoms with Crippen molar-refractivity contribution in [3.05, 3.63) is 35.9 Å². The molecule has 1 N–H and O–H groups in total. The van der Waals surface area contributed by atoms with E-state index < -0.39 is 49.3 Å². The number of carbonyl (C=O) groups excluding carboxylic acids is 4. The van der Waals surface area contributed by atoms with Gasteiger partial charge in [0.25, 0.3) is 0 Å². The predicted octanol–water partition coefficient (Wildman–Crippen LogP) is 4.15. The Hall–Kier alpha value is -2.92. The van der Waals surface area contributed by atoms with Gasteiger partial charge in [0.2, 0.25) is 0 Å². The standard InChI is InChI=1S/C28H46N2O8Si/c1-27(2,3)37-23(31)18-30(19-24(32)38-28(4,5)6)17-22(25(33)35-15-16-39(7,8)9)29-26(34)36-20-21-13-11-10-12-14-21/h10-14,22H,15-20H2,1-9H3,(H,29,34)/t22-/m0/s1. The summed E-state index contributed by atoms with van der Waals surface area (Å²) in [6.07, 6.45) is -0.833. The molecule has 0 saturated carbocycles. The number of hydrogen-bond acceptors (Lipinski definition) is 9. The molecule has 0 fully saturated rings. The zero-order chi connectivity index (χ0) is 29.9. The molecule has 0 heterocycles. The molecular weight excluding hydrogens is 520 g/mol. The van der Waals surface area contributed by atoms with Crippen molar-refractivity contribution >= 4 is 32.1 Å². The van der Waals surface area contributed by atoms with Crippen LogP contribution in [-0.2, 0) is 39.9 Å². The van der Waals surface area contributed by atoms with Gasteiger partial charge in [-0.2, -0.15) is 0 Å². The fourth-order valence-corrected chi connectivity index (χ4v) is 3.91. The van der Waals surface area contributed by atoms with Crippen LogP contribution in [0.4, 0.5) is 4.79 Å². The lowest BCUT2D eigenvalue weighted by Crippen LogP contribution is -2.52. The Morgan fingerprint density at radius 2 is 1.36 bits per heavy atom. The first-order chi connectivity index (χ1) is 17.8. The fourth-order valence-electron chi connectivity index (χ4n) is 3.20. The van der Waals surface area contributed by atoms with E-state index in [0.29, 0.717) is 0 Å². The van der Waals surface area contributed by atoms with Gasteiger partial charge in [0.1, 0.15) is 23.9 Å². The highest BCUT2D eigenvalue weighted by Crippen LogP contribution is 2.12. The second-order valence-electron chi connectivity index (χ2n) is 12.6. The van der Waals surface area contributed by atoms with Gasteiger partial charge in [-0.3, -0.25) is 14.5 Å². The SMILES string of the molecule is CC(C)(C)OC(=O)CN(CC(=O)OC(C)(C)C)C[C@H](NC(=O)OCc1ccccc1)C(=O)OCC[Si](C)(C)C. The Morgan fingerprint density at radius 3 is 1.82 bits per heavy atom. The summed E-state index contributed by atoms with van der Waals surface area (Å²) in [4.78, 5) is 52.3. The van der Waals surface area contributed by atoms with Crippen LogP contribution in [0.5, 0.6) is 0 Å². The molecule has 0 unspecified atom stereocenters. The number of nitrogens with zero attached hydrogens (tertiary/aromatic N) is 1. The minimum absolute atomic E-state index is 0.00357. The lowest BCUT2D eigenvalue weighted by molar-refractivity contribution is -0.161. The average molecular weight is 567 g/mol. The molecule has 0 aliphatic heterocycles. The first kappa shape index (κ1) is 34.1. The zero-order valence-corrected chi connectivity index (χ0v) is 25.9. The Balaban J connectivity index is 3.06. The molecule has 1 aromatic rings. The van der Waals surface area contributed by atoms with Crippen molar-refractivity contribution in [3.8, 4) is 0 Å². The molecule has 1 amide bonds. The van der Waals surface area contributed by atoms with Crippen LogP contribution in [0, 0.1) is 0 Å². The van der Waals surface area contributed by atoms with E-state index in [0.717, 1.165) is 11.6 Å². The van der Waals surface area contributed by atoms with Crippen LogP contribution in [0.25, 0.3) is 0 Å². The van der Waals surface area contributed by atoms with Crippen LogP contribution in [0.2, 0.25) is 25.7 Å². The van der Waals surface area contributed by atoms with Crippen molar-refractivity contribution in [2.75, 3.05) is 26.2 Å². The van der Waals surface area contributed by atoms with Crippen molar-refractivity contribution in [2.45, 2.75) is 91.1 Å². The van der Waals surface area contributed by atoms with E-state index in [-0.39, 0.29) is 32.8 Å². The van der Waals surface area contributed by atoms with Gasteiger partial charge in [-0.15, -0.1) is 0 Å². The normalized spacial score (nSPS) is 12.9. The number of rotatable bonds is 13. The molecule has 0 bridgehead atoms. The van der Waals surface area contributed by atoms with E-state index in [2.05, 4.69) is 25.0 Å². The van der Waals surface area contributed by atoms with Crippen LogP contribution in [0.1, 0.15) is 47.1 Å². The maximum atomic E-state index is 13.1. The number of benzene rings is 1. The van der Waals surface area contributed by atoms with E-state index in [1.165, 1.54) is 4.90 Å². The smallest absolute Gasteiger partial charge is 0.408 e. The third-order valence-corrected chi connectivity index (χ3v) is 6.58. The van der Waals surface area contributed by atoms with Gasteiger partial charge in [0.15, 0.2) is 0 Å². The van der Waals surface area contributed by atoms with E-state index in [1.807, 2.05) is 18.2 Å². The highest BCUT2D eigenvalue weighted by molar-refractivity contribution is 6.76. The number of hydrogen-bond donors (Lipinski definition) is 1. The molecule has 10 nitrogen and oxygen atoms in total. The molecular formula is C28H46N2O8Si. The van der Waals surface area contributed by atoms with Gasteiger partial charge >= 0.3 is 24.0 Å². The Kier molecular flexibility index (Phi) is 13.1. The van der Waals surface area contributed by atoms with Crippen LogP contribution in [0.3, 0.4) is 0 Å². The molecule has 0 saturated heterocycles. The molecule has 0 aliphatic carbocycles. The molecule has 0 spiro atoms. The molecule has 220 valence electrons. The molecule has 39 heavy (non-hydrogen) atoms. The van der Waals surface area contributed by atoms with Crippen LogP contribution in [0.15, 0.2) is 30.3 Å². The van der Waals surface area contributed by atoms with Gasteiger partial charge < -0.3 is 24.3 Å². The zero-order valence-electron chi connectivity index (χ0n) is 24.9. The first-order valence-electron chi connectivity index (χ1n) is 13.1. The summed E-state index contributed by atoms with van der Waals surface area (Å²) in [5.41, 5.74) is -0.717. The topological polar surface area (TPSA) is 120 Å². The highest BCUT2D eigenvalue weighted by Gasteiger charge is 2.30. The van der Waals surface area contributed by atoms with E-state index in [4.69, 9.17) is 18.9 Å². The minimum atomic E-state index is -1.48. The van der Waals surface area contributed by atoms with Crippen molar-refractivity contribution in [3.63, 3.8) is 0 Å². The van der Waals surface area contributed by atoms with Crippen molar-refractivity contribution in [1.29, 1.82) is 0 Å². The Labute approximate surface area is 233 Å². The van der Waals surface area contributed by atoms with Gasteiger partial charge in [-0.1, -0.05) is 50.0 Å². The Morgan fingerprint density at radius 1 is 0.846 bits per heavy atom. The number of ether oxygens (including phenoxy) is 4. The highest BCUT2D eigenvalue weighted by atomic mass is 28.3. The number of nitrogens with one attached hydrogen (secondary N) is 1. The van der Waals surface area contributed by atoms with Crippen molar-refractivity contribution in [1.82, 2.24) is 10.2 Å². The van der Waals surface area contributed by atoms with Crippen LogP contribution >= 0.6 is 0 Å². The molecule has 1 rings (SSSR count). The van der Waals surface area contributed by atoms with Crippen LogP contribution < -0.4 is 5.32 Å². The number of carbonyl (C=O) groups is 4. The molecule has 0 aliphatic rings. The van der Waals surface area contributed by atoms with Gasteiger partial charge in [-0.05, 0) is 53.1 Å². The molecule has 1 aromatic carbocycles. The lowest BCUT2D eigenvalue weighted by atomic mass is 10.2. The minimum Gasteiger partial charge on any atom is -0.464 e. The molecule has 0 radical (unpaired) electrons. The van der Waals surface area contributed by atoms with E-state index in [9.17, 15) is 19.2 Å². The summed E-state index contributed by atoms with van der Waals surface area (Å²) < 4.78 is 21.6. The average Bonchev–Trinajstić information content (AvgIpc) is 2.74. The van der Waals surface area contributed by atoms with Gasteiger partial charge in [-0.25, -0.2) is 9.59 Å². The second kappa shape index (κ2) is 15.0. The summed E-state index contributed by atoms with van der Waals surface area (Å²) in [7, 11) is -1.48. The van der Waals surface area contributed by atoms with Crippen molar-refractivity contribution < 1.29 is 38.1 Å². The molecule has 11 heteroatoms. The van der Waals surface area contributed by atoms with E-state index in [1.54, 1.807) is 53.7 Å². The number of esters is 3. The fraction of sp³-hybridized carbons (Fsp3) is 0.643. The third-order valence-electron chi connectivity index (χ3n) is 4.87. The monoisotopic (exact) mass is 566 g/mol. The summed E-state index contributed by atoms with van der Waals surface area (Å²) in [6, 6.07) is 8.63. The van der Waals surface area contributed by atoms with Gasteiger partial charge in [0.05, 0.1) is 19.7 Å². The lowest BCUT2D eigenvalue weighted by Gasteiger charge is -2.28. The second-order valence-corrected chi connectivity index (χ2v) is 18.2. The van der Waals surface area contributed by atoms with Gasteiger partial charge in [0, 0.05) is 14.6 Å². The summed E-state index contributed by atoms with van der Waals surface area (Å²) in [5.74, 6) is -1.88. The largest absolute Gasteiger partial charge is 0.464 e. The van der Waals surface area contributed by atoms with E-state index >= 15 is 0 Å². The first-order valence-corrected chi connectivity index (χ1v) is 16.8. The quantitative estimate of drug-likeness (QED) is 0.213. The summed E-state index contributed by atoms with van der Waals surface area (Å²) >= 11 is 0. The maximum absolute atomic E-state index is 13.1. The Bertz CT molecular complexity index is 919. The maximum Gasteiger partial charge on any atom is 0.408 e. The van der Waals surface area contributed by atoms with Crippen LogP contribution in [-0.4, -0.2) is 80.5 Å². The predicted molar refractivity (Wildman–Crippen MR) is 151 cm³/mol. The number of amides is 1. The third kappa shape index (κ3) is 17.3. The molecule has 1 atom stereocenters.